The predicted octanol–water partition coefficient (Wildman–Crippen LogP) is 2.94. The van der Waals surface area contributed by atoms with Crippen molar-refractivity contribution in [3.8, 4) is 10.4 Å². The molecule has 6 heteroatoms. The molecule has 2 saturated heterocycles. The average molecular weight is 365 g/mol. The maximum Gasteiger partial charge on any atom is 0.152 e. The van der Waals surface area contributed by atoms with Crippen molar-refractivity contribution in [2.24, 2.45) is 0 Å². The highest BCUT2D eigenvalue weighted by molar-refractivity contribution is 7.13. The van der Waals surface area contributed by atoms with E-state index in [4.69, 9.17) is 4.74 Å². The van der Waals surface area contributed by atoms with E-state index in [9.17, 15) is 4.79 Å². The van der Waals surface area contributed by atoms with Crippen LogP contribution in [0.4, 0.5) is 0 Å². The summed E-state index contributed by atoms with van der Waals surface area (Å²) in [7, 11) is 0. The Morgan fingerprint density at radius 1 is 1.27 bits per heavy atom. The van der Waals surface area contributed by atoms with Crippen LogP contribution in [0.1, 0.15) is 12.1 Å². The molecule has 0 radical (unpaired) electrons. The average Bonchev–Trinajstić information content (AvgIpc) is 3.39. The normalized spacial score (nSPS) is 22.3. The number of fused-ring (bicyclic) bond motifs is 3. The molecule has 0 aliphatic carbocycles. The first-order chi connectivity index (χ1) is 12.7. The Hall–Kier alpha value is -2.15. The summed E-state index contributed by atoms with van der Waals surface area (Å²) in [5, 5.41) is 2.20. The predicted molar refractivity (Wildman–Crippen MR) is 101 cm³/mol. The Morgan fingerprint density at radius 3 is 3.00 bits per heavy atom. The zero-order valence-electron chi connectivity index (χ0n) is 14.3. The van der Waals surface area contributed by atoms with Gasteiger partial charge in [0.05, 0.1) is 36.1 Å². The van der Waals surface area contributed by atoms with Crippen molar-refractivity contribution in [1.82, 2.24) is 14.9 Å². The number of carbonyl (C=O) groups is 1. The molecule has 0 N–H and O–H groups in total. The van der Waals surface area contributed by atoms with Crippen LogP contribution in [0.5, 0.6) is 0 Å². The first-order valence-electron chi connectivity index (χ1n) is 8.89. The Labute approximate surface area is 155 Å². The van der Waals surface area contributed by atoms with Gasteiger partial charge in [0.2, 0.25) is 0 Å². The van der Waals surface area contributed by atoms with E-state index in [1.807, 2.05) is 24.0 Å². The summed E-state index contributed by atoms with van der Waals surface area (Å²) in [6.45, 7) is 2.16. The molecule has 0 amide bonds. The molecule has 3 aromatic rings. The molecule has 2 aromatic heterocycles. The van der Waals surface area contributed by atoms with Crippen LogP contribution in [-0.2, 0) is 16.0 Å². The number of ketones is 1. The van der Waals surface area contributed by atoms with Crippen LogP contribution in [0, 0.1) is 0 Å². The highest BCUT2D eigenvalue weighted by Crippen LogP contribution is 2.28. The fraction of sp³-hybridized carbons (Fsp3) is 0.350. The molecule has 2 bridgehead atoms. The van der Waals surface area contributed by atoms with Crippen molar-refractivity contribution < 1.29 is 9.53 Å². The van der Waals surface area contributed by atoms with Crippen molar-refractivity contribution in [2.75, 3.05) is 19.7 Å². The van der Waals surface area contributed by atoms with E-state index in [0.29, 0.717) is 25.1 Å². The Kier molecular flexibility index (Phi) is 4.04. The largest absolute Gasteiger partial charge is 0.375 e. The lowest BCUT2D eigenvalue weighted by atomic mass is 10.1. The molecule has 2 aliphatic heterocycles. The number of nitrogens with zero attached hydrogens (tertiary/aromatic N) is 3. The van der Waals surface area contributed by atoms with Gasteiger partial charge < -0.3 is 4.74 Å². The van der Waals surface area contributed by atoms with Crippen molar-refractivity contribution in [1.29, 1.82) is 0 Å². The SMILES string of the molecule is O=C(Cc1cc2cc(-c3cncs3)ccc2cn1)CN1C[C@@H]2C[C@H]1CO2. The van der Waals surface area contributed by atoms with Gasteiger partial charge in [-0.2, -0.15) is 0 Å². The molecule has 5 rings (SSSR count). The lowest BCUT2D eigenvalue weighted by Crippen LogP contribution is -2.40. The van der Waals surface area contributed by atoms with E-state index in [1.165, 1.54) is 0 Å². The minimum Gasteiger partial charge on any atom is -0.375 e. The monoisotopic (exact) mass is 365 g/mol. The lowest BCUT2D eigenvalue weighted by molar-refractivity contribution is -0.120. The van der Waals surface area contributed by atoms with Gasteiger partial charge in [-0.3, -0.25) is 19.7 Å². The summed E-state index contributed by atoms with van der Waals surface area (Å²) in [6, 6.07) is 8.78. The minimum atomic E-state index is 0.225. The number of thiazole rings is 1. The summed E-state index contributed by atoms with van der Waals surface area (Å²) in [6.07, 6.45) is 5.53. The maximum atomic E-state index is 12.5. The first kappa shape index (κ1) is 16.1. The van der Waals surface area contributed by atoms with Gasteiger partial charge >= 0.3 is 0 Å². The van der Waals surface area contributed by atoms with Crippen LogP contribution in [-0.4, -0.2) is 52.5 Å². The molecule has 0 spiro atoms. The Balaban J connectivity index is 1.33. The van der Waals surface area contributed by atoms with Crippen LogP contribution < -0.4 is 0 Å². The summed E-state index contributed by atoms with van der Waals surface area (Å²) < 4.78 is 5.60. The van der Waals surface area contributed by atoms with E-state index in [-0.39, 0.29) is 5.78 Å². The number of ether oxygens (including phenoxy) is 1. The molecule has 2 fully saturated rings. The zero-order chi connectivity index (χ0) is 17.5. The lowest BCUT2D eigenvalue weighted by Gasteiger charge is -2.25. The van der Waals surface area contributed by atoms with E-state index in [2.05, 4.69) is 33.1 Å². The highest BCUT2D eigenvalue weighted by atomic mass is 32.1. The van der Waals surface area contributed by atoms with Gasteiger partial charge in [0.15, 0.2) is 5.78 Å². The van der Waals surface area contributed by atoms with Crippen molar-refractivity contribution >= 4 is 27.9 Å². The molecule has 1 aromatic carbocycles. The van der Waals surface area contributed by atoms with E-state index in [1.54, 1.807) is 11.3 Å². The van der Waals surface area contributed by atoms with Gasteiger partial charge in [0, 0.05) is 36.1 Å². The van der Waals surface area contributed by atoms with E-state index >= 15 is 0 Å². The number of aromatic nitrogens is 2. The smallest absolute Gasteiger partial charge is 0.152 e. The Bertz CT molecular complexity index is 957. The third kappa shape index (κ3) is 3.05. The molecule has 2 aliphatic rings. The van der Waals surface area contributed by atoms with Crippen LogP contribution >= 0.6 is 11.3 Å². The van der Waals surface area contributed by atoms with Crippen LogP contribution in [0.3, 0.4) is 0 Å². The minimum absolute atomic E-state index is 0.225. The number of Topliss-reactive ketones (excluding diaryl/α,β-unsaturated/α-hetero) is 1. The number of benzene rings is 1. The molecule has 2 atom stereocenters. The number of hydrogen-bond acceptors (Lipinski definition) is 6. The second-order valence-corrected chi connectivity index (χ2v) is 7.98. The maximum absolute atomic E-state index is 12.5. The molecular weight excluding hydrogens is 346 g/mol. The molecule has 0 unspecified atom stereocenters. The van der Waals surface area contributed by atoms with Crippen LogP contribution in [0.2, 0.25) is 0 Å². The number of carbonyl (C=O) groups excluding carboxylic acids is 1. The second kappa shape index (κ2) is 6.54. The van der Waals surface area contributed by atoms with Gasteiger partial charge in [0.25, 0.3) is 0 Å². The summed E-state index contributed by atoms with van der Waals surface area (Å²) in [5.74, 6) is 0.225. The number of morpholine rings is 1. The van der Waals surface area contributed by atoms with Gasteiger partial charge in [0.1, 0.15) is 0 Å². The third-order valence-corrected chi connectivity index (χ3v) is 6.09. The molecule has 5 nitrogen and oxygen atoms in total. The summed E-state index contributed by atoms with van der Waals surface area (Å²) in [5.41, 5.74) is 3.83. The summed E-state index contributed by atoms with van der Waals surface area (Å²) in [4.78, 5) is 24.6. The van der Waals surface area contributed by atoms with Gasteiger partial charge in [-0.25, -0.2) is 0 Å². The van der Waals surface area contributed by atoms with Gasteiger partial charge in [-0.15, -0.1) is 11.3 Å². The van der Waals surface area contributed by atoms with E-state index in [0.717, 1.165) is 46.5 Å². The number of rotatable bonds is 5. The zero-order valence-corrected chi connectivity index (χ0v) is 15.1. The standard InChI is InChI=1S/C20H19N3O2S/c24-18(9-23-10-19-6-17(23)11-25-19)5-16-4-15-3-13(20-8-21-12-26-20)1-2-14(15)7-22-16/h1-4,7-8,12,17,19H,5-6,9-11H2/t17-,19-/m0/s1. The Morgan fingerprint density at radius 2 is 2.23 bits per heavy atom. The first-order valence-corrected chi connectivity index (χ1v) is 9.77. The highest BCUT2D eigenvalue weighted by Gasteiger charge is 2.39. The molecule has 0 saturated carbocycles. The van der Waals surface area contributed by atoms with Crippen molar-refractivity contribution in [2.45, 2.75) is 25.0 Å². The third-order valence-electron chi connectivity index (χ3n) is 5.27. The van der Waals surface area contributed by atoms with Crippen molar-refractivity contribution in [3.63, 3.8) is 0 Å². The van der Waals surface area contributed by atoms with E-state index < -0.39 is 0 Å². The molecular formula is C20H19N3O2S. The number of hydrogen-bond donors (Lipinski definition) is 0. The number of likely N-dealkylation sites (tertiary alicyclic amines) is 1. The quantitative estimate of drug-likeness (QED) is 0.696. The van der Waals surface area contributed by atoms with Gasteiger partial charge in [-0.05, 0) is 29.5 Å². The van der Waals surface area contributed by atoms with Gasteiger partial charge in [-0.1, -0.05) is 12.1 Å². The molecule has 26 heavy (non-hydrogen) atoms. The molecule has 4 heterocycles. The van der Waals surface area contributed by atoms with Crippen LogP contribution in [0.25, 0.3) is 21.2 Å². The fourth-order valence-electron chi connectivity index (χ4n) is 3.95. The fourth-order valence-corrected chi connectivity index (χ4v) is 4.57. The number of pyridine rings is 1. The topological polar surface area (TPSA) is 55.3 Å². The van der Waals surface area contributed by atoms with Crippen LogP contribution in [0.15, 0.2) is 42.2 Å². The molecule has 132 valence electrons. The second-order valence-electron chi connectivity index (χ2n) is 7.09. The van der Waals surface area contributed by atoms with Crippen molar-refractivity contribution in [3.05, 3.63) is 47.9 Å². The summed E-state index contributed by atoms with van der Waals surface area (Å²) >= 11 is 1.63.